The summed E-state index contributed by atoms with van der Waals surface area (Å²) in [5.41, 5.74) is 0.598. The van der Waals surface area contributed by atoms with Crippen LogP contribution in [0.1, 0.15) is 27.5 Å². The van der Waals surface area contributed by atoms with Gasteiger partial charge in [-0.1, -0.05) is 12.1 Å². The van der Waals surface area contributed by atoms with Crippen molar-refractivity contribution in [2.45, 2.75) is 6.42 Å². The van der Waals surface area contributed by atoms with E-state index in [0.717, 1.165) is 12.1 Å². The molecule has 0 spiro atoms. The highest BCUT2D eigenvalue weighted by Gasteiger charge is 2.18. The summed E-state index contributed by atoms with van der Waals surface area (Å²) in [6.45, 7) is 0. The van der Waals surface area contributed by atoms with Gasteiger partial charge in [0.1, 0.15) is 17.9 Å². The number of furan rings is 1. The van der Waals surface area contributed by atoms with Crippen LogP contribution in [0.25, 0.3) is 5.76 Å². The van der Waals surface area contributed by atoms with Gasteiger partial charge in [0, 0.05) is 18.6 Å². The van der Waals surface area contributed by atoms with Crippen molar-refractivity contribution in [2.24, 2.45) is 0 Å². The summed E-state index contributed by atoms with van der Waals surface area (Å²) in [5, 5.41) is 15.8. The number of halogens is 2. The van der Waals surface area contributed by atoms with Crippen LogP contribution < -0.4 is 0 Å². The first-order valence-electron chi connectivity index (χ1n) is 6.86. The lowest BCUT2D eigenvalue weighted by atomic mass is 10.0. The predicted octanol–water partition coefficient (Wildman–Crippen LogP) is 3.05. The molecule has 3 rings (SSSR count). The van der Waals surface area contributed by atoms with Gasteiger partial charge >= 0.3 is 0 Å². The highest BCUT2D eigenvalue weighted by atomic mass is 19.1. The highest BCUT2D eigenvalue weighted by molar-refractivity contribution is 6.08. The average molecular weight is 331 g/mol. The molecule has 0 bridgehead atoms. The van der Waals surface area contributed by atoms with Crippen LogP contribution in [0.3, 0.4) is 0 Å². The van der Waals surface area contributed by atoms with Gasteiger partial charge in [-0.25, -0.2) is 9.37 Å². The van der Waals surface area contributed by atoms with Gasteiger partial charge in [-0.05, 0) is 17.7 Å². The largest absolute Gasteiger partial charge is 0.504 e. The van der Waals surface area contributed by atoms with Gasteiger partial charge in [0.05, 0.1) is 5.56 Å². The van der Waals surface area contributed by atoms with E-state index in [2.05, 4.69) is 15.2 Å². The SMILES string of the molecule is O=C(C=C(O)c1nc[nH]n1)c1cc(F)oc1Cc1ccc(F)cc1. The maximum absolute atomic E-state index is 13.4. The lowest BCUT2D eigenvalue weighted by molar-refractivity contribution is 0.104. The number of ketones is 1. The molecular formula is C16H11F2N3O3. The topological polar surface area (TPSA) is 92.0 Å². The fourth-order valence-corrected chi connectivity index (χ4v) is 2.12. The van der Waals surface area contributed by atoms with Crippen molar-refractivity contribution in [1.82, 2.24) is 15.2 Å². The van der Waals surface area contributed by atoms with E-state index in [1.54, 1.807) is 0 Å². The summed E-state index contributed by atoms with van der Waals surface area (Å²) in [7, 11) is 0. The number of aliphatic hydroxyl groups is 1. The number of aliphatic hydroxyl groups excluding tert-OH is 1. The van der Waals surface area contributed by atoms with E-state index in [1.165, 1.54) is 30.6 Å². The molecular weight excluding hydrogens is 320 g/mol. The fourth-order valence-electron chi connectivity index (χ4n) is 2.12. The minimum absolute atomic E-state index is 0.0427. The van der Waals surface area contributed by atoms with Crippen molar-refractivity contribution in [3.8, 4) is 0 Å². The summed E-state index contributed by atoms with van der Waals surface area (Å²) in [5.74, 6) is -1.52. The Bertz CT molecular complexity index is 884. The van der Waals surface area contributed by atoms with Crippen molar-refractivity contribution in [2.75, 3.05) is 0 Å². The Morgan fingerprint density at radius 1 is 1.29 bits per heavy atom. The Morgan fingerprint density at radius 2 is 2.04 bits per heavy atom. The summed E-state index contributed by atoms with van der Waals surface area (Å²) >= 11 is 0. The number of rotatable bonds is 5. The molecule has 8 heteroatoms. The molecule has 6 nitrogen and oxygen atoms in total. The highest BCUT2D eigenvalue weighted by Crippen LogP contribution is 2.21. The Labute approximate surface area is 134 Å². The molecule has 1 aromatic carbocycles. The molecule has 0 unspecified atom stereocenters. The van der Waals surface area contributed by atoms with Gasteiger partial charge in [0.25, 0.3) is 6.01 Å². The predicted molar refractivity (Wildman–Crippen MR) is 79.2 cm³/mol. The van der Waals surface area contributed by atoms with Crippen LogP contribution in [-0.2, 0) is 6.42 Å². The molecule has 0 fully saturated rings. The zero-order valence-corrected chi connectivity index (χ0v) is 12.2. The molecule has 0 aliphatic carbocycles. The third kappa shape index (κ3) is 3.37. The van der Waals surface area contributed by atoms with E-state index in [1.807, 2.05) is 0 Å². The van der Waals surface area contributed by atoms with E-state index in [9.17, 15) is 18.7 Å². The smallest absolute Gasteiger partial charge is 0.278 e. The van der Waals surface area contributed by atoms with Crippen LogP contribution in [0.15, 0.2) is 47.2 Å². The first-order valence-corrected chi connectivity index (χ1v) is 6.86. The second kappa shape index (κ2) is 6.45. The van der Waals surface area contributed by atoms with Crippen molar-refractivity contribution >= 4 is 11.5 Å². The maximum Gasteiger partial charge on any atom is 0.278 e. The molecule has 2 N–H and O–H groups in total. The van der Waals surface area contributed by atoms with E-state index < -0.39 is 23.4 Å². The van der Waals surface area contributed by atoms with Crippen LogP contribution in [-0.4, -0.2) is 26.1 Å². The fraction of sp³-hybridized carbons (Fsp3) is 0.0625. The Kier molecular flexibility index (Phi) is 4.19. The standard InChI is InChI=1S/C16H11F2N3O3/c17-10-3-1-9(2-4-10)5-14-11(6-15(18)24-14)12(22)7-13(23)16-19-8-20-21-16/h1-4,6-8,23H,5H2,(H,19,20,21). The number of nitrogens with one attached hydrogen (secondary N) is 1. The molecule has 2 aromatic heterocycles. The molecule has 0 radical (unpaired) electrons. The molecule has 0 amide bonds. The van der Waals surface area contributed by atoms with Gasteiger partial charge < -0.3 is 9.52 Å². The summed E-state index contributed by atoms with van der Waals surface area (Å²) in [4.78, 5) is 15.9. The number of carbonyl (C=O) groups is 1. The van der Waals surface area contributed by atoms with Crippen molar-refractivity contribution < 1.29 is 23.1 Å². The van der Waals surface area contributed by atoms with E-state index in [-0.39, 0.29) is 23.6 Å². The molecule has 24 heavy (non-hydrogen) atoms. The van der Waals surface area contributed by atoms with Gasteiger partial charge in [0.15, 0.2) is 11.5 Å². The normalized spacial score (nSPS) is 11.7. The Hall–Kier alpha value is -3.29. The maximum atomic E-state index is 13.4. The number of nitrogens with zero attached hydrogens (tertiary/aromatic N) is 2. The van der Waals surface area contributed by atoms with Crippen molar-refractivity contribution in [3.63, 3.8) is 0 Å². The number of hydrogen-bond acceptors (Lipinski definition) is 5. The minimum atomic E-state index is -0.929. The Balaban J connectivity index is 1.87. The number of H-pyrrole nitrogens is 1. The third-order valence-electron chi connectivity index (χ3n) is 3.23. The van der Waals surface area contributed by atoms with E-state index in [0.29, 0.717) is 5.56 Å². The summed E-state index contributed by atoms with van der Waals surface area (Å²) < 4.78 is 31.3. The number of hydrogen-bond donors (Lipinski definition) is 2. The Morgan fingerprint density at radius 3 is 2.71 bits per heavy atom. The van der Waals surface area contributed by atoms with Crippen LogP contribution in [0, 0.1) is 11.8 Å². The summed E-state index contributed by atoms with van der Waals surface area (Å²) in [6, 6.07) is 5.52. The first kappa shape index (κ1) is 15.6. The second-order valence-electron chi connectivity index (χ2n) is 4.91. The quantitative estimate of drug-likeness (QED) is 0.426. The van der Waals surface area contributed by atoms with E-state index >= 15 is 0 Å². The molecule has 0 atom stereocenters. The van der Waals surface area contributed by atoms with Crippen LogP contribution in [0.5, 0.6) is 0 Å². The lowest BCUT2D eigenvalue weighted by Crippen LogP contribution is -2.00. The second-order valence-corrected chi connectivity index (χ2v) is 4.91. The number of benzene rings is 1. The van der Waals surface area contributed by atoms with Crippen molar-refractivity contribution in [3.05, 3.63) is 77.3 Å². The van der Waals surface area contributed by atoms with Gasteiger partial charge in [0.2, 0.25) is 5.82 Å². The van der Waals surface area contributed by atoms with Crippen LogP contribution in [0.2, 0.25) is 0 Å². The minimum Gasteiger partial charge on any atom is -0.504 e. The van der Waals surface area contributed by atoms with Crippen LogP contribution >= 0.6 is 0 Å². The molecule has 3 aromatic rings. The average Bonchev–Trinajstić information content (AvgIpc) is 3.19. The third-order valence-corrected chi connectivity index (χ3v) is 3.23. The molecule has 0 saturated carbocycles. The molecule has 0 saturated heterocycles. The monoisotopic (exact) mass is 331 g/mol. The number of carbonyl (C=O) groups excluding carboxylic acids is 1. The first-order chi connectivity index (χ1) is 11.5. The zero-order chi connectivity index (χ0) is 17.1. The van der Waals surface area contributed by atoms with E-state index in [4.69, 9.17) is 4.42 Å². The number of aromatic amines is 1. The lowest BCUT2D eigenvalue weighted by Gasteiger charge is -2.01. The molecule has 122 valence electrons. The molecule has 0 aliphatic heterocycles. The molecule has 2 heterocycles. The zero-order valence-electron chi connectivity index (χ0n) is 12.2. The molecule has 0 aliphatic rings. The van der Waals surface area contributed by atoms with Crippen LogP contribution in [0.4, 0.5) is 8.78 Å². The van der Waals surface area contributed by atoms with Crippen molar-refractivity contribution in [1.29, 1.82) is 0 Å². The van der Waals surface area contributed by atoms with Gasteiger partial charge in [-0.3, -0.25) is 9.89 Å². The van der Waals surface area contributed by atoms with Gasteiger partial charge in [-0.2, -0.15) is 9.49 Å². The number of allylic oxidation sites excluding steroid dienone is 1. The van der Waals surface area contributed by atoms with Gasteiger partial charge in [-0.15, -0.1) is 0 Å². The summed E-state index contributed by atoms with van der Waals surface area (Å²) in [6.07, 6.45) is 2.21. The number of aromatic nitrogens is 3.